The molecule has 0 radical (unpaired) electrons. The lowest BCUT2D eigenvalue weighted by molar-refractivity contribution is 0.0270. The minimum atomic E-state index is -0.522. The molecule has 1 unspecified atom stereocenters. The van der Waals surface area contributed by atoms with Crippen LogP contribution in [-0.4, -0.2) is 75.2 Å². The van der Waals surface area contributed by atoms with Gasteiger partial charge in [-0.25, -0.2) is 9.78 Å². The summed E-state index contributed by atoms with van der Waals surface area (Å²) in [4.78, 5) is 41.9. The van der Waals surface area contributed by atoms with Crippen LogP contribution in [0.1, 0.15) is 45.6 Å². The molecule has 9 heteroatoms. The zero-order valence-corrected chi connectivity index (χ0v) is 24.5. The molecule has 1 amide bonds. The predicted octanol–water partition coefficient (Wildman–Crippen LogP) is 5.60. The number of aromatic nitrogens is 3. The number of fused-ring (bicyclic) bond motifs is 5. The molecule has 0 saturated carbocycles. The second-order valence-electron chi connectivity index (χ2n) is 12.9. The zero-order valence-electron chi connectivity index (χ0n) is 24.5. The maximum Gasteiger partial charge on any atom is 0.410 e. The van der Waals surface area contributed by atoms with Gasteiger partial charge in [0, 0.05) is 31.1 Å². The summed E-state index contributed by atoms with van der Waals surface area (Å²) in [7, 11) is 0. The third kappa shape index (κ3) is 5.06. The number of anilines is 1. The highest BCUT2D eigenvalue weighted by molar-refractivity contribution is 6.00. The first kappa shape index (κ1) is 26.8. The van der Waals surface area contributed by atoms with E-state index in [2.05, 4.69) is 38.4 Å². The van der Waals surface area contributed by atoms with Crippen molar-refractivity contribution in [2.75, 3.05) is 38.0 Å². The van der Waals surface area contributed by atoms with Crippen LogP contribution in [0.4, 0.5) is 10.5 Å². The second kappa shape index (κ2) is 10.3. The first-order valence-corrected chi connectivity index (χ1v) is 15.0. The number of rotatable bonds is 4. The molecule has 4 aliphatic heterocycles. The number of ether oxygens (including phenoxy) is 1. The SMILES string of the molecule is CC(C)(C)OC(=O)N1CC=C(c2ccc3[nH]c(=O)c(-c4nc5ccccc5[nH]4)c(NC4CN5CCC4CC5)c3c2)CC1. The van der Waals surface area contributed by atoms with Crippen molar-refractivity contribution in [2.24, 2.45) is 5.92 Å². The highest BCUT2D eigenvalue weighted by Crippen LogP contribution is 2.37. The van der Waals surface area contributed by atoms with Gasteiger partial charge in [-0.05, 0) is 94.4 Å². The summed E-state index contributed by atoms with van der Waals surface area (Å²) in [6.07, 6.45) is 4.90. The Balaban J connectivity index is 1.30. The van der Waals surface area contributed by atoms with Crippen LogP contribution < -0.4 is 10.9 Å². The third-order valence-electron chi connectivity index (χ3n) is 8.86. The quantitative estimate of drug-likeness (QED) is 0.297. The molecule has 2 aromatic heterocycles. The molecule has 42 heavy (non-hydrogen) atoms. The van der Waals surface area contributed by atoms with Crippen molar-refractivity contribution in [1.29, 1.82) is 0 Å². The van der Waals surface area contributed by atoms with E-state index < -0.39 is 5.60 Å². The first-order chi connectivity index (χ1) is 20.2. The Bertz CT molecular complexity index is 1720. The standard InChI is InChI=1S/C33H38N6O3/c1-33(2,3)42-32(41)39-16-12-20(13-17-39)22-8-9-24-23(18-22)29(34-27-19-38-14-10-21(27)11-15-38)28(31(40)37-24)30-35-25-6-4-5-7-26(25)36-30/h4-9,12,18,21,27H,10-11,13-17,19H2,1-3H3,(H,35,36)(H2,34,37,40). The summed E-state index contributed by atoms with van der Waals surface area (Å²) in [6, 6.07) is 14.4. The van der Waals surface area contributed by atoms with E-state index in [0.717, 1.165) is 59.2 Å². The Morgan fingerprint density at radius 3 is 2.55 bits per heavy atom. The van der Waals surface area contributed by atoms with E-state index in [-0.39, 0.29) is 17.7 Å². The molecule has 3 saturated heterocycles. The van der Waals surface area contributed by atoms with Crippen LogP contribution in [0.25, 0.3) is 38.9 Å². The molecule has 8 rings (SSSR count). The molecular weight excluding hydrogens is 528 g/mol. The molecule has 4 aromatic rings. The maximum atomic E-state index is 13.7. The number of imidazole rings is 1. The third-order valence-corrected chi connectivity index (χ3v) is 8.86. The molecule has 3 N–H and O–H groups in total. The number of piperidine rings is 3. The summed E-state index contributed by atoms with van der Waals surface area (Å²) < 4.78 is 5.58. The molecule has 6 heterocycles. The topological polar surface area (TPSA) is 106 Å². The van der Waals surface area contributed by atoms with Gasteiger partial charge in [0.2, 0.25) is 0 Å². The molecular formula is C33H38N6O3. The van der Waals surface area contributed by atoms with Crippen molar-refractivity contribution in [3.63, 3.8) is 0 Å². The zero-order chi connectivity index (χ0) is 29.0. The monoisotopic (exact) mass is 566 g/mol. The van der Waals surface area contributed by atoms with E-state index in [1.54, 1.807) is 4.90 Å². The van der Waals surface area contributed by atoms with Crippen molar-refractivity contribution in [2.45, 2.75) is 51.7 Å². The lowest BCUT2D eigenvalue weighted by Crippen LogP contribution is -2.53. The second-order valence-corrected chi connectivity index (χ2v) is 12.9. The largest absolute Gasteiger partial charge is 0.444 e. The Hall–Kier alpha value is -4.11. The number of carbonyl (C=O) groups is 1. The van der Waals surface area contributed by atoms with Gasteiger partial charge < -0.3 is 29.8 Å². The average molecular weight is 567 g/mol. The minimum Gasteiger partial charge on any atom is -0.444 e. The summed E-state index contributed by atoms with van der Waals surface area (Å²) in [5.41, 5.74) is 5.48. The van der Waals surface area contributed by atoms with Gasteiger partial charge in [0.1, 0.15) is 17.0 Å². The number of carbonyl (C=O) groups excluding carboxylic acids is 1. The number of H-pyrrole nitrogens is 2. The van der Waals surface area contributed by atoms with E-state index in [4.69, 9.17) is 9.72 Å². The molecule has 2 bridgehead atoms. The lowest BCUT2D eigenvalue weighted by atomic mass is 9.83. The number of hydrogen-bond donors (Lipinski definition) is 3. The molecule has 9 nitrogen and oxygen atoms in total. The van der Waals surface area contributed by atoms with Crippen molar-refractivity contribution < 1.29 is 9.53 Å². The van der Waals surface area contributed by atoms with Crippen LogP contribution >= 0.6 is 0 Å². The number of aromatic amines is 2. The highest BCUT2D eigenvalue weighted by Gasteiger charge is 2.35. The fraction of sp³-hybridized carbons (Fsp3) is 0.424. The summed E-state index contributed by atoms with van der Waals surface area (Å²) in [5, 5.41) is 4.84. The summed E-state index contributed by atoms with van der Waals surface area (Å²) >= 11 is 0. The fourth-order valence-electron chi connectivity index (χ4n) is 6.68. The molecule has 4 aliphatic rings. The van der Waals surface area contributed by atoms with Gasteiger partial charge in [0.05, 0.1) is 22.2 Å². The van der Waals surface area contributed by atoms with Gasteiger partial charge in [0.25, 0.3) is 5.56 Å². The van der Waals surface area contributed by atoms with Gasteiger partial charge in [0.15, 0.2) is 0 Å². The van der Waals surface area contributed by atoms with Crippen LogP contribution in [0.5, 0.6) is 0 Å². The number of hydrogen-bond acceptors (Lipinski definition) is 6. The lowest BCUT2D eigenvalue weighted by Gasteiger charge is -2.45. The van der Waals surface area contributed by atoms with Crippen LogP contribution in [0.2, 0.25) is 0 Å². The smallest absolute Gasteiger partial charge is 0.410 e. The summed E-state index contributed by atoms with van der Waals surface area (Å²) in [6.45, 7) is 10.0. The van der Waals surface area contributed by atoms with Gasteiger partial charge in [-0.3, -0.25) is 4.79 Å². The van der Waals surface area contributed by atoms with E-state index in [1.807, 2.05) is 51.1 Å². The van der Waals surface area contributed by atoms with Gasteiger partial charge in [-0.15, -0.1) is 0 Å². The van der Waals surface area contributed by atoms with Gasteiger partial charge in [-0.2, -0.15) is 0 Å². The Kier molecular flexibility index (Phi) is 6.57. The number of benzene rings is 2. The Labute approximate surface area is 245 Å². The minimum absolute atomic E-state index is 0.164. The van der Waals surface area contributed by atoms with E-state index in [9.17, 15) is 9.59 Å². The highest BCUT2D eigenvalue weighted by atomic mass is 16.6. The molecule has 3 fully saturated rings. The number of pyridine rings is 1. The van der Waals surface area contributed by atoms with Crippen LogP contribution in [0.3, 0.4) is 0 Å². The van der Waals surface area contributed by atoms with Gasteiger partial charge in [-0.1, -0.05) is 24.3 Å². The van der Waals surface area contributed by atoms with E-state index in [1.165, 1.54) is 18.4 Å². The molecule has 0 spiro atoms. The first-order valence-electron chi connectivity index (χ1n) is 15.0. The van der Waals surface area contributed by atoms with Gasteiger partial charge >= 0.3 is 6.09 Å². The van der Waals surface area contributed by atoms with E-state index >= 15 is 0 Å². The van der Waals surface area contributed by atoms with Crippen LogP contribution in [0, 0.1) is 5.92 Å². The fourth-order valence-corrected chi connectivity index (χ4v) is 6.68. The van der Waals surface area contributed by atoms with Crippen LogP contribution in [-0.2, 0) is 4.74 Å². The Morgan fingerprint density at radius 2 is 1.86 bits per heavy atom. The van der Waals surface area contributed by atoms with Crippen molar-refractivity contribution in [3.05, 3.63) is 64.5 Å². The van der Waals surface area contributed by atoms with Crippen molar-refractivity contribution in [3.8, 4) is 11.4 Å². The van der Waals surface area contributed by atoms with E-state index in [0.29, 0.717) is 30.4 Å². The number of nitrogens with zero attached hydrogens (tertiary/aromatic N) is 3. The van der Waals surface area contributed by atoms with Crippen molar-refractivity contribution >= 4 is 39.3 Å². The molecule has 2 aromatic carbocycles. The Morgan fingerprint density at radius 1 is 1.05 bits per heavy atom. The summed E-state index contributed by atoms with van der Waals surface area (Å²) in [5.74, 6) is 1.15. The average Bonchev–Trinajstić information content (AvgIpc) is 3.40. The number of amides is 1. The number of para-hydroxylation sites is 2. The predicted molar refractivity (Wildman–Crippen MR) is 167 cm³/mol. The molecule has 0 aliphatic carbocycles. The van der Waals surface area contributed by atoms with Crippen LogP contribution in [0.15, 0.2) is 53.3 Å². The molecule has 218 valence electrons. The molecule has 1 atom stereocenters. The van der Waals surface area contributed by atoms with Crippen molar-refractivity contribution in [1.82, 2.24) is 24.8 Å². The normalized spacial score (nSPS) is 22.4. The maximum absolute atomic E-state index is 13.7. The number of nitrogens with one attached hydrogen (secondary N) is 3.